The highest BCUT2D eigenvalue weighted by atomic mass is 16.5. The van der Waals surface area contributed by atoms with Gasteiger partial charge in [-0.15, -0.1) is 0 Å². The molecule has 0 atom stereocenters. The summed E-state index contributed by atoms with van der Waals surface area (Å²) < 4.78 is 12.9. The highest BCUT2D eigenvalue weighted by Gasteiger charge is 2.18. The quantitative estimate of drug-likeness (QED) is 0.723. The van der Waals surface area contributed by atoms with E-state index in [0.717, 1.165) is 22.6 Å². The van der Waals surface area contributed by atoms with Gasteiger partial charge in [0.1, 0.15) is 17.8 Å². The first-order valence-electron chi connectivity index (χ1n) is 7.94. The Bertz CT molecular complexity index is 862. The van der Waals surface area contributed by atoms with Crippen LogP contribution in [0.1, 0.15) is 11.1 Å². The molecule has 0 aliphatic carbocycles. The van der Waals surface area contributed by atoms with E-state index in [-0.39, 0.29) is 0 Å². The van der Waals surface area contributed by atoms with E-state index in [1.165, 1.54) is 0 Å². The monoisotopic (exact) mass is 337 g/mol. The van der Waals surface area contributed by atoms with E-state index in [9.17, 15) is 0 Å². The number of nitrogens with one attached hydrogen (secondary N) is 1. The summed E-state index contributed by atoms with van der Waals surface area (Å²) in [5.74, 6) is 2.03. The third-order valence-corrected chi connectivity index (χ3v) is 3.66. The number of hydrogen-bond acceptors (Lipinski definition) is 5. The van der Waals surface area contributed by atoms with Gasteiger partial charge in [0.05, 0.1) is 19.7 Å². The Morgan fingerprint density at radius 3 is 2.44 bits per heavy atom. The van der Waals surface area contributed by atoms with Gasteiger partial charge in [-0.3, -0.25) is 0 Å². The molecule has 0 radical (unpaired) electrons. The molecule has 0 unspecified atom stereocenters. The van der Waals surface area contributed by atoms with Crippen molar-refractivity contribution < 1.29 is 14.0 Å². The third kappa shape index (κ3) is 4.03. The van der Waals surface area contributed by atoms with Gasteiger partial charge >= 0.3 is 11.9 Å². The SMILES string of the molecule is COc1nc(Oc2ccc(Nc3ccc(C)cn3)cc2)c(C)c[n+]1C. The minimum absolute atomic E-state index is 0.490. The lowest BCUT2D eigenvalue weighted by Gasteiger charge is -2.08. The van der Waals surface area contributed by atoms with Gasteiger partial charge in [-0.05, 0) is 49.7 Å². The molecule has 6 nitrogen and oxygen atoms in total. The first-order chi connectivity index (χ1) is 12.0. The Kier molecular flexibility index (Phi) is 4.79. The number of ether oxygens (including phenoxy) is 2. The van der Waals surface area contributed by atoms with Crippen molar-refractivity contribution in [3.05, 3.63) is 59.9 Å². The normalized spacial score (nSPS) is 10.4. The van der Waals surface area contributed by atoms with Crippen LogP contribution in [-0.4, -0.2) is 17.1 Å². The summed E-state index contributed by atoms with van der Waals surface area (Å²) in [4.78, 5) is 8.71. The lowest BCUT2D eigenvalue weighted by atomic mass is 10.3. The molecule has 0 amide bonds. The molecule has 128 valence electrons. The lowest BCUT2D eigenvalue weighted by Crippen LogP contribution is -2.31. The maximum Gasteiger partial charge on any atom is 0.501 e. The second-order valence-corrected chi connectivity index (χ2v) is 5.80. The predicted molar refractivity (Wildman–Crippen MR) is 95.5 cm³/mol. The molecule has 3 aromatic rings. The zero-order valence-electron chi connectivity index (χ0n) is 14.8. The van der Waals surface area contributed by atoms with Crippen LogP contribution in [0.5, 0.6) is 17.6 Å². The zero-order valence-corrected chi connectivity index (χ0v) is 14.8. The van der Waals surface area contributed by atoms with E-state index in [4.69, 9.17) is 9.47 Å². The Balaban J connectivity index is 1.73. The molecule has 1 aromatic carbocycles. The second kappa shape index (κ2) is 7.17. The second-order valence-electron chi connectivity index (χ2n) is 5.80. The van der Waals surface area contributed by atoms with Crippen molar-refractivity contribution in [2.45, 2.75) is 13.8 Å². The minimum atomic E-state index is 0.490. The molecule has 0 aliphatic heterocycles. The van der Waals surface area contributed by atoms with Crippen LogP contribution in [0.2, 0.25) is 0 Å². The number of pyridine rings is 1. The van der Waals surface area contributed by atoms with Gasteiger partial charge in [-0.2, -0.15) is 4.57 Å². The molecule has 0 saturated heterocycles. The Hall–Kier alpha value is -3.15. The molecular weight excluding hydrogens is 316 g/mol. The van der Waals surface area contributed by atoms with Crippen molar-refractivity contribution in [3.63, 3.8) is 0 Å². The lowest BCUT2D eigenvalue weighted by molar-refractivity contribution is -0.680. The summed E-state index contributed by atoms with van der Waals surface area (Å²) >= 11 is 0. The van der Waals surface area contributed by atoms with Crippen LogP contribution in [0.25, 0.3) is 0 Å². The van der Waals surface area contributed by atoms with Crippen LogP contribution in [0.4, 0.5) is 11.5 Å². The van der Waals surface area contributed by atoms with Crippen molar-refractivity contribution >= 4 is 11.5 Å². The van der Waals surface area contributed by atoms with E-state index in [2.05, 4.69) is 15.3 Å². The van der Waals surface area contributed by atoms with Crippen LogP contribution in [0.15, 0.2) is 48.8 Å². The molecule has 0 aliphatic rings. The predicted octanol–water partition coefficient (Wildman–Crippen LogP) is 3.46. The van der Waals surface area contributed by atoms with E-state index in [1.807, 2.05) is 74.3 Å². The average molecular weight is 337 g/mol. The summed E-state index contributed by atoms with van der Waals surface area (Å²) in [6.07, 6.45) is 3.75. The molecule has 0 spiro atoms. The first-order valence-corrected chi connectivity index (χ1v) is 7.94. The summed E-state index contributed by atoms with van der Waals surface area (Å²) in [7, 11) is 3.46. The van der Waals surface area contributed by atoms with Crippen molar-refractivity contribution in [2.24, 2.45) is 7.05 Å². The number of nitrogens with zero attached hydrogens (tertiary/aromatic N) is 3. The Morgan fingerprint density at radius 2 is 1.80 bits per heavy atom. The fraction of sp³-hybridized carbons (Fsp3) is 0.211. The number of rotatable bonds is 5. The number of anilines is 2. The molecule has 2 heterocycles. The molecule has 25 heavy (non-hydrogen) atoms. The molecule has 0 saturated carbocycles. The molecule has 0 bridgehead atoms. The van der Waals surface area contributed by atoms with E-state index in [1.54, 1.807) is 7.11 Å². The van der Waals surface area contributed by atoms with Gasteiger partial charge in [-0.25, -0.2) is 4.98 Å². The van der Waals surface area contributed by atoms with E-state index in [0.29, 0.717) is 17.6 Å². The number of aromatic nitrogens is 3. The van der Waals surface area contributed by atoms with Crippen LogP contribution in [0, 0.1) is 13.8 Å². The van der Waals surface area contributed by atoms with Gasteiger partial charge in [-0.1, -0.05) is 6.07 Å². The standard InChI is InChI=1S/C19H21N4O2/c1-13-5-10-17(20-11-13)21-15-6-8-16(9-7-15)25-18-14(2)12-23(3)19(22-18)24-4/h5-12H,1-4H3,(H,20,21)/q+1. The summed E-state index contributed by atoms with van der Waals surface area (Å²) in [5, 5.41) is 3.25. The third-order valence-electron chi connectivity index (χ3n) is 3.66. The van der Waals surface area contributed by atoms with Crippen molar-refractivity contribution in [2.75, 3.05) is 12.4 Å². The average Bonchev–Trinajstić information content (AvgIpc) is 2.61. The largest absolute Gasteiger partial charge is 0.501 e. The molecule has 6 heteroatoms. The van der Waals surface area contributed by atoms with Crippen LogP contribution in [-0.2, 0) is 7.05 Å². The van der Waals surface area contributed by atoms with E-state index >= 15 is 0 Å². The number of methoxy groups -OCH3 is 1. The van der Waals surface area contributed by atoms with Crippen LogP contribution < -0.4 is 19.4 Å². The number of hydrogen-bond donors (Lipinski definition) is 1. The molecule has 3 rings (SSSR count). The van der Waals surface area contributed by atoms with Crippen molar-refractivity contribution in [1.29, 1.82) is 0 Å². The van der Waals surface area contributed by atoms with Crippen molar-refractivity contribution in [3.8, 4) is 17.6 Å². The number of aryl methyl sites for hydroxylation is 3. The minimum Gasteiger partial charge on any atom is -0.431 e. The summed E-state index contributed by atoms with van der Waals surface area (Å²) in [6, 6.07) is 12.1. The summed E-state index contributed by atoms with van der Waals surface area (Å²) in [5.41, 5.74) is 2.99. The topological polar surface area (TPSA) is 60.2 Å². The maximum absolute atomic E-state index is 5.88. The molecule has 1 N–H and O–H groups in total. The van der Waals surface area contributed by atoms with E-state index < -0.39 is 0 Å². The van der Waals surface area contributed by atoms with Gasteiger partial charge < -0.3 is 14.8 Å². The zero-order chi connectivity index (χ0) is 17.8. The van der Waals surface area contributed by atoms with Gasteiger partial charge in [0, 0.05) is 16.9 Å². The highest BCUT2D eigenvalue weighted by Crippen LogP contribution is 2.25. The fourth-order valence-electron chi connectivity index (χ4n) is 2.36. The van der Waals surface area contributed by atoms with Gasteiger partial charge in [0.2, 0.25) is 0 Å². The number of benzene rings is 1. The fourth-order valence-corrected chi connectivity index (χ4v) is 2.36. The van der Waals surface area contributed by atoms with Gasteiger partial charge in [0.25, 0.3) is 0 Å². The van der Waals surface area contributed by atoms with Gasteiger partial charge in [0.15, 0.2) is 0 Å². The summed E-state index contributed by atoms with van der Waals surface area (Å²) in [6.45, 7) is 3.96. The molecular formula is C19H21N4O2+. The smallest absolute Gasteiger partial charge is 0.431 e. The highest BCUT2D eigenvalue weighted by molar-refractivity contribution is 5.57. The first kappa shape index (κ1) is 16.7. The maximum atomic E-state index is 5.88. The van der Waals surface area contributed by atoms with Crippen molar-refractivity contribution in [1.82, 2.24) is 9.97 Å². The Labute approximate surface area is 147 Å². The molecule has 0 fully saturated rings. The van der Waals surface area contributed by atoms with Crippen LogP contribution >= 0.6 is 0 Å². The molecule has 2 aromatic heterocycles. The Morgan fingerprint density at radius 1 is 1.04 bits per heavy atom. The van der Waals surface area contributed by atoms with Crippen LogP contribution in [0.3, 0.4) is 0 Å².